The number of alkyl halides is 5. The molecule has 0 aliphatic heterocycles. The number of rotatable bonds is 10. The lowest BCUT2D eigenvalue weighted by atomic mass is 10.0. The Balaban J connectivity index is 1.55. The first-order valence-electron chi connectivity index (χ1n) is 11.0. The average Bonchev–Trinajstić information content (AvgIpc) is 3.37. The number of nitrogens with one attached hydrogen (secondary N) is 2. The molecule has 1 fully saturated rings. The Morgan fingerprint density at radius 3 is 2.19 bits per heavy atom. The zero-order valence-corrected chi connectivity index (χ0v) is 22.7. The summed E-state index contributed by atoms with van der Waals surface area (Å²) in [6.07, 6.45) is -3.77. The van der Waals surface area contributed by atoms with Crippen LogP contribution in [-0.4, -0.2) is 34.7 Å². The molecule has 13 heteroatoms. The lowest BCUT2D eigenvalue weighted by Crippen LogP contribution is -2.37. The zero-order chi connectivity index (χ0) is 27.5. The van der Waals surface area contributed by atoms with Gasteiger partial charge in [-0.1, -0.05) is 41.2 Å². The van der Waals surface area contributed by atoms with E-state index in [1.54, 1.807) is 23.5 Å². The number of Topliss-reactive ketones (excluding diaryl/α,β-unsaturated/α-hetero) is 1. The highest BCUT2D eigenvalue weighted by atomic mass is 35.5. The van der Waals surface area contributed by atoms with Crippen LogP contribution in [-0.2, 0) is 9.59 Å². The lowest BCUT2D eigenvalue weighted by Gasteiger charge is -2.10. The van der Waals surface area contributed by atoms with Crippen molar-refractivity contribution in [3.63, 3.8) is 0 Å². The van der Waals surface area contributed by atoms with Crippen LogP contribution in [0.3, 0.4) is 0 Å². The number of anilines is 1. The number of carbonyl (C=O) groups is 3. The Morgan fingerprint density at radius 2 is 1.57 bits per heavy atom. The summed E-state index contributed by atoms with van der Waals surface area (Å²) in [6, 6.07) is 9.24. The van der Waals surface area contributed by atoms with E-state index in [4.69, 9.17) is 58.0 Å². The second-order valence-corrected chi connectivity index (χ2v) is 11.2. The first-order chi connectivity index (χ1) is 17.2. The molecule has 37 heavy (non-hydrogen) atoms. The molecule has 2 aromatic carbocycles. The Labute approximate surface area is 235 Å². The third kappa shape index (κ3) is 7.67. The molecule has 0 aromatic heterocycles. The third-order valence-electron chi connectivity index (χ3n) is 5.74. The Hall–Kier alpha value is -1.71. The second-order valence-electron chi connectivity index (χ2n) is 8.50. The molecule has 0 heterocycles. The van der Waals surface area contributed by atoms with Gasteiger partial charge in [-0.05, 0) is 54.8 Å². The molecular formula is C24H20Cl5F3N2O3. The van der Waals surface area contributed by atoms with Crippen LogP contribution in [0.25, 0.3) is 0 Å². The molecule has 200 valence electrons. The fraction of sp³-hybridized carbons (Fsp3) is 0.375. The molecule has 3 rings (SSSR count). The summed E-state index contributed by atoms with van der Waals surface area (Å²) >= 11 is 31.0. The number of hydrogen-bond acceptors (Lipinski definition) is 3. The molecule has 2 atom stereocenters. The van der Waals surface area contributed by atoms with Crippen LogP contribution in [0.2, 0.25) is 15.1 Å². The maximum atomic E-state index is 12.9. The van der Waals surface area contributed by atoms with Crippen LogP contribution in [0.4, 0.5) is 18.9 Å². The molecule has 0 saturated heterocycles. The summed E-state index contributed by atoms with van der Waals surface area (Å²) in [4.78, 5) is 36.3. The van der Waals surface area contributed by atoms with E-state index in [1.807, 2.05) is 0 Å². The van der Waals surface area contributed by atoms with Crippen LogP contribution in [0.1, 0.15) is 47.5 Å². The van der Waals surface area contributed by atoms with Gasteiger partial charge in [-0.3, -0.25) is 14.4 Å². The Morgan fingerprint density at radius 1 is 0.919 bits per heavy atom. The predicted octanol–water partition coefficient (Wildman–Crippen LogP) is 7.59. The number of amides is 2. The largest absolute Gasteiger partial charge is 0.471 e. The van der Waals surface area contributed by atoms with Crippen LogP contribution < -0.4 is 10.6 Å². The van der Waals surface area contributed by atoms with Gasteiger partial charge in [0.15, 0.2) is 5.78 Å². The van der Waals surface area contributed by atoms with Gasteiger partial charge < -0.3 is 10.6 Å². The van der Waals surface area contributed by atoms with Gasteiger partial charge in [0.2, 0.25) is 5.91 Å². The van der Waals surface area contributed by atoms with Gasteiger partial charge in [0.25, 0.3) is 0 Å². The van der Waals surface area contributed by atoms with Crippen molar-refractivity contribution in [1.29, 1.82) is 0 Å². The van der Waals surface area contributed by atoms with E-state index in [0.29, 0.717) is 34.1 Å². The van der Waals surface area contributed by atoms with Crippen molar-refractivity contribution in [2.24, 2.45) is 5.92 Å². The summed E-state index contributed by atoms with van der Waals surface area (Å²) in [5, 5.41) is 5.42. The topological polar surface area (TPSA) is 75.3 Å². The zero-order valence-electron chi connectivity index (χ0n) is 18.9. The molecule has 0 bridgehead atoms. The number of carbonyl (C=O) groups excluding carboxylic acids is 3. The minimum absolute atomic E-state index is 0.0804. The first-order valence-corrected chi connectivity index (χ1v) is 12.9. The molecule has 0 radical (unpaired) electrons. The summed E-state index contributed by atoms with van der Waals surface area (Å²) in [6.45, 7) is -0.152. The monoisotopic (exact) mass is 616 g/mol. The molecule has 1 saturated carbocycles. The molecule has 5 nitrogen and oxygen atoms in total. The quantitative estimate of drug-likeness (QED) is 0.164. The molecule has 2 aromatic rings. The Kier molecular flexibility index (Phi) is 9.67. The normalized spacial score (nSPS) is 18.3. The van der Waals surface area contributed by atoms with E-state index in [9.17, 15) is 27.6 Å². The third-order valence-corrected chi connectivity index (χ3v) is 7.44. The van der Waals surface area contributed by atoms with Gasteiger partial charge >= 0.3 is 12.1 Å². The fourth-order valence-corrected chi connectivity index (χ4v) is 5.48. The maximum absolute atomic E-state index is 12.9. The smallest absolute Gasteiger partial charge is 0.348 e. The van der Waals surface area contributed by atoms with E-state index in [-0.39, 0.29) is 35.8 Å². The van der Waals surface area contributed by atoms with Gasteiger partial charge in [0.05, 0.1) is 10.9 Å². The molecule has 0 spiro atoms. The SMILES string of the molecule is O=C(CCCCCNC(=O)C(F)(F)F)c1cc(NC(=O)C2C(c3cc(Cl)cc(Cl)c3)C2(Cl)Cl)ccc1Cl. The van der Waals surface area contributed by atoms with E-state index in [0.717, 1.165) is 0 Å². The van der Waals surface area contributed by atoms with E-state index >= 15 is 0 Å². The van der Waals surface area contributed by atoms with Crippen molar-refractivity contribution in [1.82, 2.24) is 5.32 Å². The molecule has 2 amide bonds. The van der Waals surface area contributed by atoms with Crippen molar-refractivity contribution < 1.29 is 27.6 Å². The predicted molar refractivity (Wildman–Crippen MR) is 139 cm³/mol. The standard InChI is InChI=1S/C24H20Cl5F3N2O3/c25-13-8-12(9-14(26)10-13)19-20(23(19,28)29)21(36)34-15-5-6-17(27)16(11-15)18(35)4-2-1-3-7-33-22(37)24(30,31)32/h5-6,8-11,19-20H,1-4,7H2,(H,33,37)(H,34,36). The van der Waals surface area contributed by atoms with Gasteiger partial charge in [-0.2, -0.15) is 13.2 Å². The summed E-state index contributed by atoms with van der Waals surface area (Å²) in [7, 11) is 0. The summed E-state index contributed by atoms with van der Waals surface area (Å²) < 4.78 is 35.1. The highest BCUT2D eigenvalue weighted by molar-refractivity contribution is 6.53. The highest BCUT2D eigenvalue weighted by Gasteiger charge is 2.67. The van der Waals surface area contributed by atoms with Gasteiger partial charge in [-0.15, -0.1) is 23.2 Å². The number of benzene rings is 2. The first kappa shape index (κ1) is 29.8. The van der Waals surface area contributed by atoms with Crippen molar-refractivity contribution in [3.05, 3.63) is 62.6 Å². The summed E-state index contributed by atoms with van der Waals surface area (Å²) in [5.41, 5.74) is 1.11. The number of unbranched alkanes of at least 4 members (excludes halogenated alkanes) is 2. The van der Waals surface area contributed by atoms with Crippen LogP contribution in [0.15, 0.2) is 36.4 Å². The minimum atomic E-state index is -4.93. The minimum Gasteiger partial charge on any atom is -0.348 e. The van der Waals surface area contributed by atoms with E-state index in [2.05, 4.69) is 5.32 Å². The Bertz CT molecular complexity index is 1190. The molecule has 1 aliphatic carbocycles. The van der Waals surface area contributed by atoms with E-state index in [1.165, 1.54) is 18.2 Å². The van der Waals surface area contributed by atoms with Crippen molar-refractivity contribution in [2.75, 3.05) is 11.9 Å². The number of ketones is 1. The second kappa shape index (κ2) is 12.0. The van der Waals surface area contributed by atoms with Gasteiger partial charge in [0.1, 0.15) is 4.33 Å². The van der Waals surface area contributed by atoms with Gasteiger partial charge in [-0.25, -0.2) is 0 Å². The molecule has 2 unspecified atom stereocenters. The van der Waals surface area contributed by atoms with Gasteiger partial charge in [0, 0.05) is 40.2 Å². The maximum Gasteiger partial charge on any atom is 0.471 e. The van der Waals surface area contributed by atoms with Crippen LogP contribution in [0.5, 0.6) is 0 Å². The number of hydrogen-bond donors (Lipinski definition) is 2. The van der Waals surface area contributed by atoms with Crippen LogP contribution in [0, 0.1) is 5.92 Å². The summed E-state index contributed by atoms with van der Waals surface area (Å²) in [5.74, 6) is -4.10. The highest BCUT2D eigenvalue weighted by Crippen LogP contribution is 2.65. The van der Waals surface area contributed by atoms with Crippen molar-refractivity contribution in [3.8, 4) is 0 Å². The lowest BCUT2D eigenvalue weighted by molar-refractivity contribution is -0.173. The van der Waals surface area contributed by atoms with Crippen LogP contribution >= 0.6 is 58.0 Å². The molecule has 2 N–H and O–H groups in total. The number of halogens is 8. The molecule has 1 aliphatic rings. The molecular weight excluding hydrogens is 599 g/mol. The van der Waals surface area contributed by atoms with Crippen molar-refractivity contribution in [2.45, 2.75) is 42.1 Å². The average molecular weight is 619 g/mol. The van der Waals surface area contributed by atoms with Crippen molar-refractivity contribution >= 4 is 81.3 Å². The fourth-order valence-electron chi connectivity index (χ4n) is 3.88. The van der Waals surface area contributed by atoms with E-state index < -0.39 is 34.2 Å².